The molecule has 1 aromatic rings. The van der Waals surface area contributed by atoms with Crippen LogP contribution in [0.1, 0.15) is 43.1 Å². The number of aromatic nitrogens is 2. The molecule has 120 valence electrons. The van der Waals surface area contributed by atoms with Crippen LogP contribution in [0.2, 0.25) is 0 Å². The summed E-state index contributed by atoms with van der Waals surface area (Å²) in [5, 5.41) is 4.26. The first-order chi connectivity index (χ1) is 10.7. The second-order valence-electron chi connectivity index (χ2n) is 6.18. The van der Waals surface area contributed by atoms with Gasteiger partial charge in [-0.25, -0.2) is 0 Å². The van der Waals surface area contributed by atoms with Crippen LogP contribution >= 0.6 is 0 Å². The zero-order valence-corrected chi connectivity index (χ0v) is 13.2. The van der Waals surface area contributed by atoms with E-state index in [1.54, 1.807) is 15.6 Å². The van der Waals surface area contributed by atoms with Crippen molar-refractivity contribution in [3.05, 3.63) is 18.0 Å². The number of aryl methyl sites for hydroxylation is 1. The van der Waals surface area contributed by atoms with Crippen molar-refractivity contribution < 1.29 is 9.59 Å². The lowest BCUT2D eigenvalue weighted by Gasteiger charge is -2.29. The minimum absolute atomic E-state index is 0.0321. The number of hydrogen-bond donors (Lipinski definition) is 0. The molecule has 1 aromatic heterocycles. The number of likely N-dealkylation sites (tertiary alicyclic amines) is 2. The smallest absolute Gasteiger partial charge is 0.274 e. The maximum Gasteiger partial charge on any atom is 0.274 e. The molecule has 0 aromatic carbocycles. The Kier molecular flexibility index (Phi) is 4.45. The van der Waals surface area contributed by atoms with E-state index in [1.165, 1.54) is 6.42 Å². The zero-order valence-electron chi connectivity index (χ0n) is 13.2. The number of rotatable bonds is 3. The Morgan fingerprint density at radius 1 is 1.18 bits per heavy atom. The molecule has 0 radical (unpaired) electrons. The highest BCUT2D eigenvalue weighted by Crippen LogP contribution is 2.22. The van der Waals surface area contributed by atoms with E-state index in [4.69, 9.17) is 0 Å². The van der Waals surface area contributed by atoms with Crippen LogP contribution in [0.4, 0.5) is 0 Å². The average Bonchev–Trinajstić information content (AvgIpc) is 3.23. The van der Waals surface area contributed by atoms with Crippen molar-refractivity contribution in [1.82, 2.24) is 19.6 Å². The van der Waals surface area contributed by atoms with Crippen molar-refractivity contribution in [2.75, 3.05) is 26.2 Å². The molecule has 2 saturated heterocycles. The molecule has 3 rings (SSSR count). The number of nitrogens with zero attached hydrogens (tertiary/aromatic N) is 4. The SMILES string of the molecule is CCn1ccc(C(=O)N2CC[C@@H](C(=O)N3CCCCC3)C2)n1. The lowest BCUT2D eigenvalue weighted by molar-refractivity contribution is -0.135. The lowest BCUT2D eigenvalue weighted by Crippen LogP contribution is -2.41. The fraction of sp³-hybridized carbons (Fsp3) is 0.688. The zero-order chi connectivity index (χ0) is 15.5. The Morgan fingerprint density at radius 2 is 1.95 bits per heavy atom. The molecule has 3 heterocycles. The topological polar surface area (TPSA) is 58.4 Å². The predicted molar refractivity (Wildman–Crippen MR) is 82.3 cm³/mol. The van der Waals surface area contributed by atoms with E-state index in [1.807, 2.05) is 18.0 Å². The fourth-order valence-electron chi connectivity index (χ4n) is 3.33. The standard InChI is InChI=1S/C16H24N4O2/c1-2-20-11-7-14(17-20)16(22)19-10-6-13(12-19)15(21)18-8-4-3-5-9-18/h7,11,13H,2-6,8-10,12H2,1H3/t13-/m1/s1. The van der Waals surface area contributed by atoms with Crippen LogP contribution < -0.4 is 0 Å². The minimum Gasteiger partial charge on any atom is -0.342 e. The first-order valence-corrected chi connectivity index (χ1v) is 8.30. The molecule has 2 aliphatic heterocycles. The number of carbonyl (C=O) groups excluding carboxylic acids is 2. The predicted octanol–water partition coefficient (Wildman–Crippen LogP) is 1.38. The van der Waals surface area contributed by atoms with E-state index < -0.39 is 0 Å². The van der Waals surface area contributed by atoms with Crippen LogP contribution in [-0.2, 0) is 11.3 Å². The fourth-order valence-corrected chi connectivity index (χ4v) is 3.33. The molecular formula is C16H24N4O2. The summed E-state index contributed by atoms with van der Waals surface area (Å²) in [5.74, 6) is 0.144. The third-order valence-electron chi connectivity index (χ3n) is 4.68. The molecular weight excluding hydrogens is 280 g/mol. The summed E-state index contributed by atoms with van der Waals surface area (Å²) in [7, 11) is 0. The Hall–Kier alpha value is -1.85. The van der Waals surface area contributed by atoms with E-state index in [0.717, 1.165) is 38.9 Å². The van der Waals surface area contributed by atoms with Crippen LogP contribution in [0.3, 0.4) is 0 Å². The molecule has 6 nitrogen and oxygen atoms in total. The highest BCUT2D eigenvalue weighted by molar-refractivity contribution is 5.93. The second-order valence-corrected chi connectivity index (χ2v) is 6.18. The van der Waals surface area contributed by atoms with Crippen LogP contribution in [0.25, 0.3) is 0 Å². The van der Waals surface area contributed by atoms with Gasteiger partial charge in [0.05, 0.1) is 5.92 Å². The third-order valence-corrected chi connectivity index (χ3v) is 4.68. The molecule has 2 aliphatic rings. The molecule has 0 aliphatic carbocycles. The highest BCUT2D eigenvalue weighted by atomic mass is 16.2. The van der Waals surface area contributed by atoms with E-state index in [2.05, 4.69) is 5.10 Å². The first kappa shape index (κ1) is 15.1. The van der Waals surface area contributed by atoms with Crippen molar-refractivity contribution in [1.29, 1.82) is 0 Å². The molecule has 0 bridgehead atoms. The molecule has 0 unspecified atom stereocenters. The van der Waals surface area contributed by atoms with Gasteiger partial charge in [0.15, 0.2) is 0 Å². The van der Waals surface area contributed by atoms with Gasteiger partial charge in [-0.05, 0) is 38.7 Å². The average molecular weight is 304 g/mol. The van der Waals surface area contributed by atoms with Crippen molar-refractivity contribution in [2.45, 2.75) is 39.2 Å². The van der Waals surface area contributed by atoms with Gasteiger partial charge >= 0.3 is 0 Å². The number of piperidine rings is 1. The normalized spacial score (nSPS) is 22.1. The van der Waals surface area contributed by atoms with Crippen molar-refractivity contribution >= 4 is 11.8 Å². The van der Waals surface area contributed by atoms with Gasteiger partial charge in [-0.3, -0.25) is 14.3 Å². The van der Waals surface area contributed by atoms with Gasteiger partial charge in [0.1, 0.15) is 5.69 Å². The molecule has 2 amide bonds. The molecule has 0 N–H and O–H groups in total. The third kappa shape index (κ3) is 3.00. The molecule has 0 spiro atoms. The Bertz CT molecular complexity index is 548. The minimum atomic E-state index is -0.0545. The van der Waals surface area contributed by atoms with Crippen LogP contribution in [-0.4, -0.2) is 57.6 Å². The van der Waals surface area contributed by atoms with Gasteiger partial charge in [0.25, 0.3) is 5.91 Å². The van der Waals surface area contributed by atoms with Gasteiger partial charge in [0.2, 0.25) is 5.91 Å². The van der Waals surface area contributed by atoms with Crippen LogP contribution in [0.15, 0.2) is 12.3 Å². The summed E-state index contributed by atoms with van der Waals surface area (Å²) in [6.45, 7) is 5.69. The summed E-state index contributed by atoms with van der Waals surface area (Å²) in [4.78, 5) is 28.7. The quantitative estimate of drug-likeness (QED) is 0.847. The Labute approximate surface area is 131 Å². The van der Waals surface area contributed by atoms with Gasteiger partial charge in [-0.1, -0.05) is 0 Å². The van der Waals surface area contributed by atoms with Crippen molar-refractivity contribution in [2.24, 2.45) is 5.92 Å². The lowest BCUT2D eigenvalue weighted by atomic mass is 10.0. The van der Waals surface area contributed by atoms with Crippen molar-refractivity contribution in [3.63, 3.8) is 0 Å². The van der Waals surface area contributed by atoms with Crippen LogP contribution in [0.5, 0.6) is 0 Å². The summed E-state index contributed by atoms with van der Waals surface area (Å²) in [5.41, 5.74) is 0.480. The van der Waals surface area contributed by atoms with Gasteiger partial charge < -0.3 is 9.80 Å². The van der Waals surface area contributed by atoms with Gasteiger partial charge in [-0.15, -0.1) is 0 Å². The van der Waals surface area contributed by atoms with E-state index >= 15 is 0 Å². The maximum atomic E-state index is 12.5. The van der Waals surface area contributed by atoms with E-state index in [0.29, 0.717) is 18.8 Å². The molecule has 6 heteroatoms. The highest BCUT2D eigenvalue weighted by Gasteiger charge is 2.34. The van der Waals surface area contributed by atoms with E-state index in [9.17, 15) is 9.59 Å². The van der Waals surface area contributed by atoms with E-state index in [-0.39, 0.29) is 17.7 Å². The molecule has 2 fully saturated rings. The number of amides is 2. The second kappa shape index (κ2) is 6.50. The molecule has 0 saturated carbocycles. The largest absolute Gasteiger partial charge is 0.342 e. The Balaban J connectivity index is 1.59. The summed E-state index contributed by atoms with van der Waals surface area (Å²) < 4.78 is 1.75. The first-order valence-electron chi connectivity index (χ1n) is 8.30. The summed E-state index contributed by atoms with van der Waals surface area (Å²) in [6.07, 6.45) is 6.03. The summed E-state index contributed by atoms with van der Waals surface area (Å²) >= 11 is 0. The van der Waals surface area contributed by atoms with Crippen molar-refractivity contribution in [3.8, 4) is 0 Å². The Morgan fingerprint density at radius 3 is 2.64 bits per heavy atom. The summed E-state index contributed by atoms with van der Waals surface area (Å²) in [6, 6.07) is 1.76. The maximum absolute atomic E-state index is 12.5. The molecule has 1 atom stereocenters. The molecule has 22 heavy (non-hydrogen) atoms. The monoisotopic (exact) mass is 304 g/mol. The number of hydrogen-bond acceptors (Lipinski definition) is 3. The van der Waals surface area contributed by atoms with Gasteiger partial charge in [-0.2, -0.15) is 5.10 Å². The van der Waals surface area contributed by atoms with Gasteiger partial charge in [0, 0.05) is 38.9 Å². The number of carbonyl (C=O) groups is 2. The van der Waals surface area contributed by atoms with Crippen LogP contribution in [0, 0.1) is 5.92 Å².